The standard InChI is InChI=1S/C18H24N6O3S/c1-6-8-14(21-23(12-26)18(3,4)11-25)24-15-13(10-19-17(20-15)28-5)16(27)22(24)9-7-2/h6-8,10,12,25H,2,9,11H2,1,3-5H3/b8-6-,21-14+. The molecule has 0 bridgehead atoms. The topological polar surface area (TPSA) is 106 Å². The average molecular weight is 404 g/mol. The lowest BCUT2D eigenvalue weighted by Crippen LogP contribution is -2.44. The number of thioether (sulfide) groups is 1. The number of fused-ring (bicyclic) bond motifs is 1. The van der Waals surface area contributed by atoms with Crippen LogP contribution >= 0.6 is 11.8 Å². The second-order valence-corrected chi connectivity index (χ2v) is 7.23. The van der Waals surface area contributed by atoms with Gasteiger partial charge in [-0.1, -0.05) is 23.9 Å². The van der Waals surface area contributed by atoms with Crippen LogP contribution in [0.2, 0.25) is 0 Å². The molecule has 0 aliphatic rings. The van der Waals surface area contributed by atoms with Crippen molar-refractivity contribution in [3.63, 3.8) is 0 Å². The number of nitrogens with zero attached hydrogens (tertiary/aromatic N) is 6. The third-order valence-electron chi connectivity index (χ3n) is 3.99. The number of aromatic nitrogens is 4. The molecule has 1 amide bonds. The molecule has 0 fully saturated rings. The van der Waals surface area contributed by atoms with Crippen molar-refractivity contribution >= 4 is 35.0 Å². The smallest absolute Gasteiger partial charge is 0.278 e. The van der Waals surface area contributed by atoms with E-state index in [-0.39, 0.29) is 24.5 Å². The van der Waals surface area contributed by atoms with Gasteiger partial charge in [0.15, 0.2) is 16.6 Å². The van der Waals surface area contributed by atoms with Gasteiger partial charge in [0, 0.05) is 6.20 Å². The highest BCUT2D eigenvalue weighted by atomic mass is 32.2. The molecule has 2 heterocycles. The Hall–Kier alpha value is -2.72. The van der Waals surface area contributed by atoms with E-state index >= 15 is 0 Å². The molecule has 0 aliphatic carbocycles. The van der Waals surface area contributed by atoms with Crippen LogP contribution in [0.4, 0.5) is 0 Å². The molecular weight excluding hydrogens is 380 g/mol. The van der Waals surface area contributed by atoms with Crippen LogP contribution < -0.4 is 5.56 Å². The van der Waals surface area contributed by atoms with E-state index in [1.165, 1.54) is 27.3 Å². The zero-order valence-electron chi connectivity index (χ0n) is 16.4. The maximum Gasteiger partial charge on any atom is 0.278 e. The third kappa shape index (κ3) is 4.07. The highest BCUT2D eigenvalue weighted by molar-refractivity contribution is 7.98. The summed E-state index contributed by atoms with van der Waals surface area (Å²) in [5, 5.41) is 15.9. The summed E-state index contributed by atoms with van der Waals surface area (Å²) in [5.41, 5.74) is -0.852. The summed E-state index contributed by atoms with van der Waals surface area (Å²) in [6.07, 6.45) is 8.83. The van der Waals surface area contributed by atoms with Crippen molar-refractivity contribution in [2.45, 2.75) is 38.0 Å². The number of aliphatic hydroxyl groups is 1. The van der Waals surface area contributed by atoms with Crippen molar-refractivity contribution in [1.29, 1.82) is 0 Å². The molecule has 2 aromatic heterocycles. The van der Waals surface area contributed by atoms with E-state index in [1.54, 1.807) is 39.0 Å². The van der Waals surface area contributed by atoms with Crippen LogP contribution in [0, 0.1) is 0 Å². The molecule has 10 heteroatoms. The number of carbonyl (C=O) groups excluding carboxylic acids is 1. The maximum atomic E-state index is 12.9. The Bertz CT molecular complexity index is 989. The van der Waals surface area contributed by atoms with Crippen LogP contribution in [0.1, 0.15) is 20.8 Å². The molecule has 0 spiro atoms. The average Bonchev–Trinajstić information content (AvgIpc) is 2.96. The van der Waals surface area contributed by atoms with E-state index in [2.05, 4.69) is 21.6 Å². The van der Waals surface area contributed by atoms with E-state index in [4.69, 9.17) is 0 Å². The minimum atomic E-state index is -0.930. The summed E-state index contributed by atoms with van der Waals surface area (Å²) < 4.78 is 2.95. The Labute approximate surface area is 167 Å². The van der Waals surface area contributed by atoms with E-state index in [0.717, 1.165) is 5.01 Å². The lowest BCUT2D eigenvalue weighted by Gasteiger charge is -2.30. The molecule has 1 N–H and O–H groups in total. The van der Waals surface area contributed by atoms with Crippen LogP contribution in [0.15, 0.2) is 46.1 Å². The summed E-state index contributed by atoms with van der Waals surface area (Å²) in [4.78, 5) is 33.1. The lowest BCUT2D eigenvalue weighted by atomic mass is 10.1. The van der Waals surface area contributed by atoms with Gasteiger partial charge >= 0.3 is 0 Å². The lowest BCUT2D eigenvalue weighted by molar-refractivity contribution is -0.124. The molecule has 0 unspecified atom stereocenters. The number of rotatable bonds is 8. The van der Waals surface area contributed by atoms with Gasteiger partial charge in [0.05, 0.1) is 18.7 Å². The van der Waals surface area contributed by atoms with Crippen molar-refractivity contribution in [1.82, 2.24) is 24.3 Å². The quantitative estimate of drug-likeness (QED) is 0.136. The molecule has 0 saturated heterocycles. The number of carbonyl (C=O) groups is 1. The predicted octanol–water partition coefficient (Wildman–Crippen LogP) is 1.47. The number of aliphatic hydroxyl groups excluding tert-OH is 1. The second-order valence-electron chi connectivity index (χ2n) is 6.46. The maximum absolute atomic E-state index is 12.9. The molecule has 2 rings (SSSR count). The normalized spacial score (nSPS) is 12.7. The zero-order chi connectivity index (χ0) is 20.9. The van der Waals surface area contributed by atoms with Crippen molar-refractivity contribution in [2.24, 2.45) is 5.10 Å². The first kappa shape index (κ1) is 21.6. The number of hydrogen-bond donors (Lipinski definition) is 1. The molecule has 0 aliphatic heterocycles. The summed E-state index contributed by atoms with van der Waals surface area (Å²) in [7, 11) is 0. The minimum Gasteiger partial charge on any atom is -0.394 e. The van der Waals surface area contributed by atoms with Crippen LogP contribution in [0.5, 0.6) is 0 Å². The minimum absolute atomic E-state index is 0.213. The fourth-order valence-corrected chi connectivity index (χ4v) is 2.75. The van der Waals surface area contributed by atoms with Gasteiger partial charge in [-0.3, -0.25) is 9.59 Å². The Morgan fingerprint density at radius 1 is 1.50 bits per heavy atom. The number of hydrogen-bond acceptors (Lipinski definition) is 7. The van der Waals surface area contributed by atoms with Gasteiger partial charge in [-0.25, -0.2) is 24.3 Å². The highest BCUT2D eigenvalue weighted by Crippen LogP contribution is 2.16. The van der Waals surface area contributed by atoms with Gasteiger partial charge in [0.1, 0.15) is 5.39 Å². The Morgan fingerprint density at radius 3 is 2.75 bits per heavy atom. The molecule has 2 aromatic rings. The Balaban J connectivity index is 2.87. The third-order valence-corrected chi connectivity index (χ3v) is 4.55. The first-order chi connectivity index (χ1) is 13.3. The molecule has 28 heavy (non-hydrogen) atoms. The van der Waals surface area contributed by atoms with E-state index in [1.807, 2.05) is 6.26 Å². The first-order valence-electron chi connectivity index (χ1n) is 8.55. The van der Waals surface area contributed by atoms with Crippen LogP contribution in [-0.2, 0) is 11.3 Å². The fourth-order valence-electron chi connectivity index (χ4n) is 2.41. The first-order valence-corrected chi connectivity index (χ1v) is 9.77. The van der Waals surface area contributed by atoms with Crippen LogP contribution in [0.25, 0.3) is 11.0 Å². The Morgan fingerprint density at radius 2 is 2.21 bits per heavy atom. The van der Waals surface area contributed by atoms with Crippen molar-refractivity contribution in [3.8, 4) is 0 Å². The monoisotopic (exact) mass is 404 g/mol. The number of allylic oxidation sites excluding steroid dienone is 3. The van der Waals surface area contributed by atoms with Crippen LogP contribution in [-0.4, -0.2) is 60.1 Å². The fraction of sp³-hybridized carbons (Fsp3) is 0.389. The second kappa shape index (κ2) is 8.98. The van der Waals surface area contributed by atoms with E-state index in [0.29, 0.717) is 22.6 Å². The number of hydrazone groups is 1. The number of amides is 1. The van der Waals surface area contributed by atoms with Crippen LogP contribution in [0.3, 0.4) is 0 Å². The summed E-state index contributed by atoms with van der Waals surface area (Å²) in [6.45, 7) is 8.78. The SMILES string of the molecule is C=CCn1c(=O)c2cnc(SC)nc2n1C(/C=C\C)=N/N(C=O)C(C)(C)CO. The van der Waals surface area contributed by atoms with E-state index < -0.39 is 5.54 Å². The summed E-state index contributed by atoms with van der Waals surface area (Å²) >= 11 is 1.35. The van der Waals surface area contributed by atoms with Gasteiger partial charge in [0.2, 0.25) is 6.41 Å². The van der Waals surface area contributed by atoms with Gasteiger partial charge < -0.3 is 5.11 Å². The largest absolute Gasteiger partial charge is 0.394 e. The van der Waals surface area contributed by atoms with Gasteiger partial charge in [-0.15, -0.1) is 11.7 Å². The van der Waals surface area contributed by atoms with E-state index in [9.17, 15) is 14.7 Å². The molecular formula is C18H24N6O3S. The molecule has 0 atom stereocenters. The molecule has 9 nitrogen and oxygen atoms in total. The summed E-state index contributed by atoms with van der Waals surface area (Å²) in [5.74, 6) is 0.288. The molecule has 0 radical (unpaired) electrons. The van der Waals surface area contributed by atoms with Crippen molar-refractivity contribution in [3.05, 3.63) is 41.4 Å². The Kier molecular flexibility index (Phi) is 6.92. The molecule has 150 valence electrons. The van der Waals surface area contributed by atoms with Gasteiger partial charge in [-0.05, 0) is 33.1 Å². The van der Waals surface area contributed by atoms with Gasteiger partial charge in [0.25, 0.3) is 5.56 Å². The van der Waals surface area contributed by atoms with Crippen molar-refractivity contribution < 1.29 is 9.90 Å². The van der Waals surface area contributed by atoms with Crippen molar-refractivity contribution in [2.75, 3.05) is 12.9 Å². The van der Waals surface area contributed by atoms with Gasteiger partial charge in [-0.2, -0.15) is 0 Å². The summed E-state index contributed by atoms with van der Waals surface area (Å²) in [6, 6.07) is 0. The molecule has 0 aromatic carbocycles. The highest BCUT2D eigenvalue weighted by Gasteiger charge is 2.26. The molecule has 0 saturated carbocycles. The zero-order valence-corrected chi connectivity index (χ0v) is 17.2. The predicted molar refractivity (Wildman–Crippen MR) is 110 cm³/mol.